The van der Waals surface area contributed by atoms with Gasteiger partial charge in [0, 0.05) is 27.5 Å². The molecule has 0 spiro atoms. The van der Waals surface area contributed by atoms with Crippen LogP contribution in [0.1, 0.15) is 27.8 Å². The summed E-state index contributed by atoms with van der Waals surface area (Å²) in [6.07, 6.45) is 1.74. The van der Waals surface area contributed by atoms with Gasteiger partial charge < -0.3 is 4.74 Å². The van der Waals surface area contributed by atoms with Crippen LogP contribution in [0.3, 0.4) is 0 Å². The highest BCUT2D eigenvalue weighted by Gasteiger charge is 2.43. The molecule has 0 saturated heterocycles. The number of benzene rings is 2. The number of hydrogen-bond donors (Lipinski definition) is 1. The van der Waals surface area contributed by atoms with E-state index in [9.17, 15) is 4.79 Å². The second-order valence-electron chi connectivity index (χ2n) is 6.90. The summed E-state index contributed by atoms with van der Waals surface area (Å²) in [5.74, 6) is 0.634. The molecule has 148 valence electrons. The maximum atomic E-state index is 13.4. The molecule has 2 aromatic heterocycles. The van der Waals surface area contributed by atoms with Crippen LogP contribution in [0.4, 0.5) is 5.69 Å². The monoisotopic (exact) mass is 460 g/mol. The topological polar surface area (TPSA) is 71.1 Å². The van der Waals surface area contributed by atoms with Crippen molar-refractivity contribution in [3.63, 3.8) is 0 Å². The van der Waals surface area contributed by atoms with Gasteiger partial charge in [0.25, 0.3) is 5.91 Å². The number of halogens is 1. The van der Waals surface area contributed by atoms with Crippen molar-refractivity contribution in [3.05, 3.63) is 94.4 Å². The van der Waals surface area contributed by atoms with Crippen LogP contribution in [0.5, 0.6) is 5.75 Å². The molecule has 0 unspecified atom stereocenters. The summed E-state index contributed by atoms with van der Waals surface area (Å²) in [7, 11) is 1.63. The lowest BCUT2D eigenvalue weighted by molar-refractivity contribution is 0.0988. The Kier molecular flexibility index (Phi) is 4.59. The van der Waals surface area contributed by atoms with E-state index >= 15 is 0 Å². The first-order valence-corrected chi connectivity index (χ1v) is 10.2. The van der Waals surface area contributed by atoms with Crippen molar-refractivity contribution in [3.8, 4) is 17.0 Å². The third-order valence-electron chi connectivity index (χ3n) is 5.20. The van der Waals surface area contributed by atoms with Crippen LogP contribution >= 0.6 is 15.9 Å². The van der Waals surface area contributed by atoms with Crippen LogP contribution in [-0.2, 0) is 0 Å². The Balaban J connectivity index is 1.69. The molecule has 30 heavy (non-hydrogen) atoms. The minimum Gasteiger partial charge on any atom is -0.497 e. The van der Waals surface area contributed by atoms with Crippen molar-refractivity contribution in [1.82, 2.24) is 15.2 Å². The summed E-state index contributed by atoms with van der Waals surface area (Å²) in [4.78, 5) is 19.7. The van der Waals surface area contributed by atoms with Crippen LogP contribution in [0.15, 0.2) is 77.4 Å². The third kappa shape index (κ3) is 2.98. The Bertz CT molecular complexity index is 1200. The Hall–Kier alpha value is -3.45. The van der Waals surface area contributed by atoms with Crippen LogP contribution in [0, 0.1) is 0 Å². The summed E-state index contributed by atoms with van der Waals surface area (Å²) in [6.45, 7) is 0. The van der Waals surface area contributed by atoms with Crippen molar-refractivity contribution in [1.29, 1.82) is 0 Å². The molecular weight excluding hydrogens is 444 g/mol. The average molecular weight is 461 g/mol. The van der Waals surface area contributed by atoms with E-state index in [2.05, 4.69) is 31.1 Å². The molecule has 0 saturated carbocycles. The molecule has 2 aromatic carbocycles. The van der Waals surface area contributed by atoms with Gasteiger partial charge in [0.15, 0.2) is 0 Å². The fraction of sp³-hybridized carbons (Fsp3) is 0.0870. The molecule has 0 fully saturated rings. The molecule has 6 nitrogen and oxygen atoms in total. The number of ether oxygens (including phenoxy) is 1. The van der Waals surface area contributed by atoms with Gasteiger partial charge in [-0.3, -0.25) is 19.8 Å². The van der Waals surface area contributed by atoms with Crippen LogP contribution in [-0.4, -0.2) is 28.2 Å². The molecule has 0 aliphatic carbocycles. The number of carbonyl (C=O) groups is 1. The quantitative estimate of drug-likeness (QED) is 0.465. The van der Waals surface area contributed by atoms with Crippen molar-refractivity contribution in [2.45, 2.75) is 6.04 Å². The van der Waals surface area contributed by atoms with Gasteiger partial charge >= 0.3 is 0 Å². The lowest BCUT2D eigenvalue weighted by Gasteiger charge is -2.25. The number of methoxy groups -OCH3 is 1. The van der Waals surface area contributed by atoms with Gasteiger partial charge in [-0.1, -0.05) is 22.0 Å². The predicted molar refractivity (Wildman–Crippen MR) is 118 cm³/mol. The van der Waals surface area contributed by atoms with Crippen molar-refractivity contribution in [2.24, 2.45) is 0 Å². The van der Waals surface area contributed by atoms with E-state index in [4.69, 9.17) is 4.74 Å². The molecule has 1 aliphatic rings. The molecule has 5 rings (SSSR count). The highest BCUT2D eigenvalue weighted by molar-refractivity contribution is 9.10. The molecule has 0 radical (unpaired) electrons. The average Bonchev–Trinajstić information content (AvgIpc) is 3.34. The van der Waals surface area contributed by atoms with Gasteiger partial charge in [0.05, 0.1) is 18.5 Å². The van der Waals surface area contributed by atoms with E-state index in [0.29, 0.717) is 5.69 Å². The summed E-state index contributed by atoms with van der Waals surface area (Å²) in [5.41, 5.74) is 4.52. The van der Waals surface area contributed by atoms with Gasteiger partial charge in [-0.25, -0.2) is 0 Å². The highest BCUT2D eigenvalue weighted by Crippen LogP contribution is 2.44. The first kappa shape index (κ1) is 18.6. The second-order valence-corrected chi connectivity index (χ2v) is 7.81. The van der Waals surface area contributed by atoms with Crippen LogP contribution < -0.4 is 9.64 Å². The smallest absolute Gasteiger partial charge is 0.277 e. The predicted octanol–water partition coefficient (Wildman–Crippen LogP) is 4.99. The summed E-state index contributed by atoms with van der Waals surface area (Å²) < 4.78 is 6.22. The Labute approximate surface area is 181 Å². The number of amides is 1. The zero-order chi connectivity index (χ0) is 20.7. The van der Waals surface area contributed by atoms with Crippen molar-refractivity contribution in [2.75, 3.05) is 12.0 Å². The van der Waals surface area contributed by atoms with E-state index in [1.807, 2.05) is 66.7 Å². The van der Waals surface area contributed by atoms with Gasteiger partial charge in [0.1, 0.15) is 17.5 Å². The van der Waals surface area contributed by atoms with Crippen LogP contribution in [0.25, 0.3) is 11.3 Å². The maximum absolute atomic E-state index is 13.4. The third-order valence-corrected chi connectivity index (χ3v) is 5.73. The molecule has 4 aromatic rings. The number of anilines is 1. The fourth-order valence-electron chi connectivity index (χ4n) is 3.80. The lowest BCUT2D eigenvalue weighted by atomic mass is 9.99. The number of nitrogens with zero attached hydrogens (tertiary/aromatic N) is 3. The zero-order valence-electron chi connectivity index (χ0n) is 16.0. The highest BCUT2D eigenvalue weighted by atomic mass is 79.9. The van der Waals surface area contributed by atoms with Crippen LogP contribution in [0.2, 0.25) is 0 Å². The van der Waals surface area contributed by atoms with Crippen molar-refractivity contribution < 1.29 is 9.53 Å². The van der Waals surface area contributed by atoms with E-state index in [1.54, 1.807) is 18.2 Å². The fourth-order valence-corrected chi connectivity index (χ4v) is 4.07. The molecule has 1 amide bonds. The Morgan fingerprint density at radius 3 is 2.47 bits per heavy atom. The lowest BCUT2D eigenvalue weighted by Crippen LogP contribution is -2.29. The number of aromatic nitrogens is 3. The molecule has 1 atom stereocenters. The zero-order valence-corrected chi connectivity index (χ0v) is 17.6. The second kappa shape index (κ2) is 7.42. The molecule has 7 heteroatoms. The number of H-pyrrole nitrogens is 1. The van der Waals surface area contributed by atoms with E-state index in [0.717, 1.165) is 38.4 Å². The standard InChI is InChI=1S/C23H17BrN4O2/c1-30-17-11-5-14(6-12-17)20-19-21(27-26-20)23(29)28(16-9-7-15(24)8-10-16)22(19)18-4-2-3-13-25-18/h2-13,22H,1H3,(H,26,27)/t22-/m1/s1. The normalized spacial score (nSPS) is 15.3. The van der Waals surface area contributed by atoms with Gasteiger partial charge in [0.2, 0.25) is 0 Å². The Morgan fingerprint density at radius 2 is 1.80 bits per heavy atom. The summed E-state index contributed by atoms with van der Waals surface area (Å²) >= 11 is 3.46. The molecular formula is C23H17BrN4O2. The number of nitrogens with one attached hydrogen (secondary N) is 1. The number of fused-ring (bicyclic) bond motifs is 1. The summed E-state index contributed by atoms with van der Waals surface area (Å²) in [5, 5.41) is 7.45. The first-order chi connectivity index (χ1) is 14.7. The van der Waals surface area contributed by atoms with E-state index < -0.39 is 0 Å². The number of pyridine rings is 1. The van der Waals surface area contributed by atoms with Gasteiger partial charge in [-0.05, 0) is 60.7 Å². The molecule has 1 aliphatic heterocycles. The van der Waals surface area contributed by atoms with E-state index in [-0.39, 0.29) is 11.9 Å². The van der Waals surface area contributed by atoms with E-state index in [1.165, 1.54) is 0 Å². The molecule has 0 bridgehead atoms. The minimum atomic E-state index is -0.384. The number of rotatable bonds is 4. The molecule has 3 heterocycles. The number of aromatic amines is 1. The van der Waals surface area contributed by atoms with Gasteiger partial charge in [-0.2, -0.15) is 5.10 Å². The van der Waals surface area contributed by atoms with Gasteiger partial charge in [-0.15, -0.1) is 0 Å². The largest absolute Gasteiger partial charge is 0.497 e. The first-order valence-electron chi connectivity index (χ1n) is 9.40. The van der Waals surface area contributed by atoms with Crippen molar-refractivity contribution >= 4 is 27.5 Å². The Morgan fingerprint density at radius 1 is 1.03 bits per heavy atom. The SMILES string of the molecule is COc1ccc(-c2n[nH]c3c2[C@@H](c2ccccn2)N(c2ccc(Br)cc2)C3=O)cc1. The number of carbonyl (C=O) groups excluding carboxylic acids is 1. The minimum absolute atomic E-state index is 0.129. The summed E-state index contributed by atoms with van der Waals surface area (Å²) in [6, 6.07) is 20.7. The maximum Gasteiger partial charge on any atom is 0.277 e. The number of hydrogen-bond acceptors (Lipinski definition) is 4. The molecule has 1 N–H and O–H groups in total.